The molecule has 1 fully saturated rings. The lowest BCUT2D eigenvalue weighted by molar-refractivity contribution is -0.135. The molecule has 2 heterocycles. The number of carbonyl (C=O) groups excluding carboxylic acids is 3. The van der Waals surface area contributed by atoms with E-state index in [1.54, 1.807) is 20.4 Å². The number of amides is 3. The Labute approximate surface area is 141 Å². The summed E-state index contributed by atoms with van der Waals surface area (Å²) in [4.78, 5) is 39.3. The lowest BCUT2D eigenvalue weighted by Gasteiger charge is -2.40. The van der Waals surface area contributed by atoms with Crippen LogP contribution in [0.15, 0.2) is 18.3 Å². The first kappa shape index (κ1) is 17.8. The van der Waals surface area contributed by atoms with Gasteiger partial charge in [0.05, 0.1) is 7.11 Å². The zero-order valence-corrected chi connectivity index (χ0v) is 14.3. The summed E-state index contributed by atoms with van der Waals surface area (Å²) in [6.07, 6.45) is 1.50. The number of hydrogen-bond donors (Lipinski definition) is 1. The van der Waals surface area contributed by atoms with Crippen molar-refractivity contribution in [3.8, 4) is 0 Å². The fourth-order valence-electron chi connectivity index (χ4n) is 2.85. The maximum absolute atomic E-state index is 12.5. The average molecular weight is 336 g/mol. The highest BCUT2D eigenvalue weighted by Gasteiger charge is 2.30. The molecule has 2 rings (SSSR count). The molecule has 8 nitrogen and oxygen atoms in total. The summed E-state index contributed by atoms with van der Waals surface area (Å²) >= 11 is 0. The van der Waals surface area contributed by atoms with E-state index in [4.69, 9.17) is 0 Å². The summed E-state index contributed by atoms with van der Waals surface area (Å²) in [5.41, 5.74) is 0.643. The molecule has 1 aromatic rings. The Hall–Kier alpha value is -2.51. The van der Waals surface area contributed by atoms with Gasteiger partial charge in [-0.25, -0.2) is 4.79 Å². The van der Waals surface area contributed by atoms with Gasteiger partial charge in [0, 0.05) is 51.9 Å². The van der Waals surface area contributed by atoms with Crippen molar-refractivity contribution in [1.82, 2.24) is 19.7 Å². The van der Waals surface area contributed by atoms with Crippen LogP contribution in [-0.2, 0) is 16.6 Å². The van der Waals surface area contributed by atoms with E-state index in [0.29, 0.717) is 25.3 Å². The number of piperazine rings is 1. The van der Waals surface area contributed by atoms with Gasteiger partial charge in [-0.05, 0) is 19.1 Å². The molecule has 132 valence electrons. The molecule has 3 amide bonds. The van der Waals surface area contributed by atoms with Gasteiger partial charge in [0.15, 0.2) is 0 Å². The first-order valence-electron chi connectivity index (χ1n) is 7.96. The number of nitrogens with zero attached hydrogens (tertiary/aromatic N) is 3. The Kier molecular flexibility index (Phi) is 5.83. The number of nitrogens with one attached hydrogen (secondary N) is 1. The Morgan fingerprint density at radius 3 is 2.67 bits per heavy atom. The van der Waals surface area contributed by atoms with Crippen LogP contribution in [0.2, 0.25) is 0 Å². The van der Waals surface area contributed by atoms with Crippen molar-refractivity contribution in [3.63, 3.8) is 0 Å². The van der Waals surface area contributed by atoms with E-state index >= 15 is 0 Å². The zero-order chi connectivity index (χ0) is 17.7. The topological polar surface area (TPSA) is 83.9 Å². The quantitative estimate of drug-likeness (QED) is 0.865. The molecule has 1 unspecified atom stereocenters. The fourth-order valence-corrected chi connectivity index (χ4v) is 2.85. The van der Waals surface area contributed by atoms with Gasteiger partial charge >= 0.3 is 6.09 Å². The van der Waals surface area contributed by atoms with Crippen LogP contribution in [0.25, 0.3) is 0 Å². The van der Waals surface area contributed by atoms with Gasteiger partial charge in [0.25, 0.3) is 5.91 Å². The van der Waals surface area contributed by atoms with E-state index < -0.39 is 6.09 Å². The van der Waals surface area contributed by atoms with Crippen molar-refractivity contribution in [2.75, 3.05) is 33.3 Å². The summed E-state index contributed by atoms with van der Waals surface area (Å²) in [5, 5.41) is 2.49. The first-order valence-corrected chi connectivity index (χ1v) is 7.96. The Bertz CT molecular complexity index is 613. The highest BCUT2D eigenvalue weighted by Crippen LogP contribution is 2.14. The molecule has 1 aliphatic heterocycles. The Morgan fingerprint density at radius 1 is 1.33 bits per heavy atom. The van der Waals surface area contributed by atoms with Crippen molar-refractivity contribution in [3.05, 3.63) is 24.0 Å². The van der Waals surface area contributed by atoms with Crippen LogP contribution < -0.4 is 5.32 Å². The fraction of sp³-hybridized carbons (Fsp3) is 0.562. The molecule has 1 saturated heterocycles. The van der Waals surface area contributed by atoms with Gasteiger partial charge in [-0.15, -0.1) is 0 Å². The van der Waals surface area contributed by atoms with E-state index in [0.717, 1.165) is 0 Å². The van der Waals surface area contributed by atoms with Gasteiger partial charge in [0.2, 0.25) is 5.91 Å². The monoisotopic (exact) mass is 336 g/mol. The van der Waals surface area contributed by atoms with E-state index in [1.807, 2.05) is 26.2 Å². The number of alkyl carbamates (subject to hydrolysis) is 1. The number of rotatable bonds is 4. The van der Waals surface area contributed by atoms with E-state index in [1.165, 1.54) is 7.11 Å². The Balaban J connectivity index is 1.86. The standard InChI is InChI=1S/C16H24N4O4/c1-12-11-19(15(22)13-5-4-8-18(13)2)9-10-20(12)14(21)6-7-17-16(23)24-3/h4-5,8,12H,6-7,9-11H2,1-3H3,(H,17,23). The molecule has 8 heteroatoms. The van der Waals surface area contributed by atoms with Gasteiger partial charge in [-0.1, -0.05) is 0 Å². The Morgan fingerprint density at radius 2 is 2.08 bits per heavy atom. The molecule has 1 aromatic heterocycles. The van der Waals surface area contributed by atoms with Gasteiger partial charge < -0.3 is 24.4 Å². The molecule has 1 atom stereocenters. The van der Waals surface area contributed by atoms with Gasteiger partial charge in [-0.2, -0.15) is 0 Å². The second-order valence-electron chi connectivity index (χ2n) is 5.86. The maximum atomic E-state index is 12.5. The molecule has 1 N–H and O–H groups in total. The maximum Gasteiger partial charge on any atom is 0.406 e. The minimum absolute atomic E-state index is 0.0196. The molecule has 0 aliphatic carbocycles. The second kappa shape index (κ2) is 7.85. The van der Waals surface area contributed by atoms with Crippen molar-refractivity contribution in [2.24, 2.45) is 7.05 Å². The minimum atomic E-state index is -0.547. The third kappa shape index (κ3) is 4.06. The van der Waals surface area contributed by atoms with Gasteiger partial charge in [0.1, 0.15) is 5.69 Å². The van der Waals surface area contributed by atoms with Crippen molar-refractivity contribution in [2.45, 2.75) is 19.4 Å². The predicted molar refractivity (Wildman–Crippen MR) is 87.5 cm³/mol. The third-order valence-corrected chi connectivity index (χ3v) is 4.19. The zero-order valence-electron chi connectivity index (χ0n) is 14.3. The third-order valence-electron chi connectivity index (χ3n) is 4.19. The molecular formula is C16H24N4O4. The second-order valence-corrected chi connectivity index (χ2v) is 5.86. The van der Waals surface area contributed by atoms with Crippen molar-refractivity contribution < 1.29 is 19.1 Å². The summed E-state index contributed by atoms with van der Waals surface area (Å²) in [5.74, 6) is -0.0568. The number of ether oxygens (including phenoxy) is 1. The van der Waals surface area contributed by atoms with Crippen molar-refractivity contribution in [1.29, 1.82) is 0 Å². The van der Waals surface area contributed by atoms with E-state index in [-0.39, 0.29) is 30.8 Å². The van der Waals surface area contributed by atoms with Crippen molar-refractivity contribution >= 4 is 17.9 Å². The summed E-state index contributed by atoms with van der Waals surface area (Å²) in [6, 6.07) is 3.57. The summed E-state index contributed by atoms with van der Waals surface area (Å²) in [6.45, 7) is 3.66. The number of aromatic nitrogens is 1. The SMILES string of the molecule is COC(=O)NCCC(=O)N1CCN(C(=O)c2cccn2C)CC1C. The summed E-state index contributed by atoms with van der Waals surface area (Å²) < 4.78 is 6.26. The molecular weight excluding hydrogens is 312 g/mol. The van der Waals surface area contributed by atoms with Crippen LogP contribution in [0.1, 0.15) is 23.8 Å². The number of hydrogen-bond acceptors (Lipinski definition) is 4. The molecule has 1 aliphatic rings. The van der Waals surface area contributed by atoms with Crippen LogP contribution in [0, 0.1) is 0 Å². The predicted octanol–water partition coefficient (Wildman–Crippen LogP) is 0.444. The lowest BCUT2D eigenvalue weighted by atomic mass is 10.1. The van der Waals surface area contributed by atoms with Crippen LogP contribution in [0.3, 0.4) is 0 Å². The summed E-state index contributed by atoms with van der Waals surface area (Å²) in [7, 11) is 3.12. The number of methoxy groups -OCH3 is 1. The largest absolute Gasteiger partial charge is 0.453 e. The molecule has 0 aromatic carbocycles. The van der Waals surface area contributed by atoms with Crippen LogP contribution in [0.5, 0.6) is 0 Å². The van der Waals surface area contributed by atoms with Crippen LogP contribution in [0.4, 0.5) is 4.79 Å². The highest BCUT2D eigenvalue weighted by atomic mass is 16.5. The molecule has 0 bridgehead atoms. The number of carbonyl (C=O) groups is 3. The van der Waals surface area contributed by atoms with Crippen LogP contribution in [-0.4, -0.2) is 71.6 Å². The van der Waals surface area contributed by atoms with E-state index in [2.05, 4.69) is 10.1 Å². The van der Waals surface area contributed by atoms with E-state index in [9.17, 15) is 14.4 Å². The molecule has 0 radical (unpaired) electrons. The minimum Gasteiger partial charge on any atom is -0.453 e. The smallest absolute Gasteiger partial charge is 0.406 e. The highest BCUT2D eigenvalue weighted by molar-refractivity contribution is 5.93. The van der Waals surface area contributed by atoms with Gasteiger partial charge in [-0.3, -0.25) is 9.59 Å². The average Bonchev–Trinajstić information content (AvgIpc) is 2.99. The lowest BCUT2D eigenvalue weighted by Crippen LogP contribution is -2.55. The molecule has 24 heavy (non-hydrogen) atoms. The molecule has 0 saturated carbocycles. The van der Waals surface area contributed by atoms with Crippen LogP contribution >= 0.6 is 0 Å². The first-order chi connectivity index (χ1) is 11.4. The normalized spacial score (nSPS) is 17.5. The number of aryl methyl sites for hydroxylation is 1. The molecule has 0 spiro atoms.